The van der Waals surface area contributed by atoms with Crippen LogP contribution in [-0.2, 0) is 56.8 Å². The minimum absolute atomic E-state index is 0.510. The minimum Gasteiger partial charge on any atom is -0.394 e. The minimum atomic E-state index is -2.06. The summed E-state index contributed by atoms with van der Waals surface area (Å²) in [5, 5.41) is 208. The van der Waals surface area contributed by atoms with E-state index in [4.69, 9.17) is 56.8 Å². The van der Waals surface area contributed by atoms with Crippen molar-refractivity contribution < 1.29 is 159 Å². The van der Waals surface area contributed by atoms with Gasteiger partial charge in [0.2, 0.25) is 0 Å². The van der Waals surface area contributed by atoms with E-state index in [0.29, 0.717) is 0 Å². The summed E-state index contributed by atoms with van der Waals surface area (Å²) in [6.45, 7) is -6.32. The predicted octanol–water partition coefficient (Wildman–Crippen LogP) is -14.1. The van der Waals surface area contributed by atoms with Gasteiger partial charge in [0.15, 0.2) is 37.7 Å². The van der Waals surface area contributed by atoms with Crippen LogP contribution in [0.4, 0.5) is 0 Å². The molecule has 0 saturated carbocycles. The second kappa shape index (κ2) is 25.5. The lowest BCUT2D eigenvalue weighted by Crippen LogP contribution is -2.66. The Hall–Kier alpha value is -1.28. The van der Waals surface area contributed by atoms with Gasteiger partial charge in [-0.3, -0.25) is 0 Å². The van der Waals surface area contributed by atoms with E-state index in [2.05, 4.69) is 0 Å². The second-order valence-electron chi connectivity index (χ2n) is 17.4. The summed E-state index contributed by atoms with van der Waals surface area (Å²) in [6.07, 6.45) is -53.8. The van der Waals surface area contributed by atoms with E-state index in [1.54, 1.807) is 0 Å². The van der Waals surface area contributed by atoms with Crippen LogP contribution in [0, 0.1) is 0 Å². The predicted molar refractivity (Wildman–Crippen MR) is 210 cm³/mol. The molecule has 6 saturated heterocycles. The van der Waals surface area contributed by atoms with Crippen LogP contribution in [0.3, 0.4) is 0 Å². The van der Waals surface area contributed by atoms with Crippen molar-refractivity contribution in [1.29, 1.82) is 0 Å². The molecule has 0 aromatic carbocycles. The summed E-state index contributed by atoms with van der Waals surface area (Å²) in [4.78, 5) is 0. The van der Waals surface area contributed by atoms with Crippen LogP contribution in [0.15, 0.2) is 0 Å². The summed E-state index contributed by atoms with van der Waals surface area (Å²) in [5.41, 5.74) is 0. The van der Waals surface area contributed by atoms with Gasteiger partial charge in [-0.25, -0.2) is 0 Å². The number of rotatable bonds is 19. The molecule has 6 aliphatic rings. The standard InChI is InChI=1S/C38H66O32/c39-3-9-15(45)17(47)23(53)35(61-9)67-31-13(7-43)65-37(27(57)21(31)51)69-29-11(5-41)63-33(25(55)19(29)49)59-1-2-60-34-26(56)20(50)30(12(6-42)64-34)70-38-28(58)22(52)32(14(8-44)66-38)68-36-24(54)18(48)16(46)10(4-40)62-36/h9-58H,1-8H2/t9-,10-,11-,12-,13-,14-,15-,16-,17+,18+,19-,20-,21-,22-,23-,24-,25-,26-,27-,28-,29-,30-,31-,32-,33-,34-,35-,36-,37-,38-/m1/s1. The molecule has 0 aromatic heterocycles. The largest absolute Gasteiger partial charge is 0.394 e. The van der Waals surface area contributed by atoms with E-state index in [1.165, 1.54) is 0 Å². The Balaban J connectivity index is 0.982. The molecule has 0 aromatic rings. The molecule has 30 atom stereocenters. The van der Waals surface area contributed by atoms with Gasteiger partial charge in [0.05, 0.1) is 52.9 Å². The molecule has 410 valence electrons. The normalized spacial score (nSPS) is 51.6. The zero-order chi connectivity index (χ0) is 51.5. The number of hydrogen-bond donors (Lipinski definition) is 20. The van der Waals surface area contributed by atoms with E-state index in [-0.39, 0.29) is 0 Å². The van der Waals surface area contributed by atoms with Crippen molar-refractivity contribution in [2.24, 2.45) is 0 Å². The maximum absolute atomic E-state index is 11.0. The fraction of sp³-hybridized carbons (Fsp3) is 1.00. The first-order valence-electron chi connectivity index (χ1n) is 22.2. The molecule has 0 spiro atoms. The van der Waals surface area contributed by atoms with Crippen molar-refractivity contribution in [3.05, 3.63) is 0 Å². The fourth-order valence-corrected chi connectivity index (χ4v) is 8.69. The first-order chi connectivity index (χ1) is 33.3. The summed E-state index contributed by atoms with van der Waals surface area (Å²) in [6, 6.07) is 0. The highest BCUT2D eigenvalue weighted by atomic mass is 16.8. The van der Waals surface area contributed by atoms with Gasteiger partial charge in [0, 0.05) is 0 Å². The highest BCUT2D eigenvalue weighted by Crippen LogP contribution is 2.35. The Morgan fingerprint density at radius 1 is 0.229 bits per heavy atom. The van der Waals surface area contributed by atoms with Gasteiger partial charge in [-0.05, 0) is 0 Å². The Morgan fingerprint density at radius 3 is 0.671 bits per heavy atom. The molecule has 32 nitrogen and oxygen atoms in total. The van der Waals surface area contributed by atoms with Crippen molar-refractivity contribution in [3.8, 4) is 0 Å². The van der Waals surface area contributed by atoms with Crippen molar-refractivity contribution in [3.63, 3.8) is 0 Å². The molecule has 6 aliphatic heterocycles. The lowest BCUT2D eigenvalue weighted by molar-refractivity contribution is -0.382. The third-order valence-corrected chi connectivity index (χ3v) is 12.8. The monoisotopic (exact) mass is 1030 g/mol. The van der Waals surface area contributed by atoms with Gasteiger partial charge in [0.25, 0.3) is 0 Å². The van der Waals surface area contributed by atoms with Crippen molar-refractivity contribution in [2.75, 3.05) is 52.9 Å². The Kier molecular flexibility index (Phi) is 21.1. The molecule has 32 heteroatoms. The molecule has 6 heterocycles. The SMILES string of the molecule is OC[C@H]1O[C@H](O[C@H]2[C@H](O)[C@@H](O)[C@@H](O[C@H]3[C@H](O)[C@@H](O)[C@H](OCCO[C@@H]4O[C@H](CO)[C@@H](O[C@H]5O[C@H](CO)[C@@H](O[C@H]6O[C@H](CO)[C@@H](O)[C@H](O)[C@H]6O)[C@H](O)[C@H]5O)[C@H](O)[C@H]4O)O[C@@H]3CO)O[C@@H]2CO)[C@H](O)[C@@H](O)[C@@H]1O. The van der Waals surface area contributed by atoms with Crippen LogP contribution < -0.4 is 0 Å². The van der Waals surface area contributed by atoms with Crippen molar-refractivity contribution in [2.45, 2.75) is 184 Å². The Morgan fingerprint density at radius 2 is 0.429 bits per heavy atom. The first-order valence-corrected chi connectivity index (χ1v) is 22.2. The average molecular weight is 1030 g/mol. The molecule has 6 fully saturated rings. The molecule has 70 heavy (non-hydrogen) atoms. The van der Waals surface area contributed by atoms with E-state index in [9.17, 15) is 102 Å². The molecule has 0 bridgehead atoms. The molecule has 6 rings (SSSR count). The van der Waals surface area contributed by atoms with E-state index in [0.717, 1.165) is 0 Å². The zero-order valence-electron chi connectivity index (χ0n) is 36.8. The smallest absolute Gasteiger partial charge is 0.187 e. The van der Waals surface area contributed by atoms with Gasteiger partial charge in [0.1, 0.15) is 146 Å². The average Bonchev–Trinajstić information content (AvgIpc) is 3.35. The van der Waals surface area contributed by atoms with E-state index >= 15 is 0 Å². The lowest BCUT2D eigenvalue weighted by atomic mass is 9.96. The maximum atomic E-state index is 11.0. The van der Waals surface area contributed by atoms with Crippen LogP contribution in [0.25, 0.3) is 0 Å². The molecule has 20 N–H and O–H groups in total. The Labute approximate surface area is 395 Å². The topological polar surface area (TPSA) is 515 Å². The number of aliphatic hydroxyl groups excluding tert-OH is 20. The van der Waals surface area contributed by atoms with Crippen LogP contribution in [0.2, 0.25) is 0 Å². The lowest BCUT2D eigenvalue weighted by Gasteiger charge is -2.48. The van der Waals surface area contributed by atoms with E-state index < -0.39 is 237 Å². The third kappa shape index (κ3) is 12.2. The maximum Gasteiger partial charge on any atom is 0.187 e. The molecular weight excluding hydrogens is 968 g/mol. The van der Waals surface area contributed by atoms with Crippen molar-refractivity contribution >= 4 is 0 Å². The third-order valence-electron chi connectivity index (χ3n) is 12.8. The van der Waals surface area contributed by atoms with Gasteiger partial charge < -0.3 is 159 Å². The number of hydrogen-bond acceptors (Lipinski definition) is 32. The van der Waals surface area contributed by atoms with Gasteiger partial charge in [-0.1, -0.05) is 0 Å². The first kappa shape index (κ1) is 58.0. The van der Waals surface area contributed by atoms with Crippen LogP contribution >= 0.6 is 0 Å². The quantitative estimate of drug-likeness (QED) is 0.0534. The van der Waals surface area contributed by atoms with Crippen LogP contribution in [-0.4, -0.2) is 339 Å². The summed E-state index contributed by atoms with van der Waals surface area (Å²) in [7, 11) is 0. The highest BCUT2D eigenvalue weighted by Gasteiger charge is 2.56. The fourth-order valence-electron chi connectivity index (χ4n) is 8.69. The number of ether oxygens (including phenoxy) is 12. The molecule has 0 amide bonds. The van der Waals surface area contributed by atoms with E-state index in [1.807, 2.05) is 0 Å². The number of aliphatic hydroxyl groups is 20. The van der Waals surface area contributed by atoms with Crippen LogP contribution in [0.5, 0.6) is 0 Å². The van der Waals surface area contributed by atoms with Crippen LogP contribution in [0.1, 0.15) is 0 Å². The van der Waals surface area contributed by atoms with Gasteiger partial charge in [-0.15, -0.1) is 0 Å². The summed E-state index contributed by atoms with van der Waals surface area (Å²) in [5.74, 6) is 0. The Bertz CT molecular complexity index is 1440. The summed E-state index contributed by atoms with van der Waals surface area (Å²) >= 11 is 0. The van der Waals surface area contributed by atoms with Gasteiger partial charge >= 0.3 is 0 Å². The van der Waals surface area contributed by atoms with Gasteiger partial charge in [-0.2, -0.15) is 0 Å². The second-order valence-corrected chi connectivity index (χ2v) is 17.4. The molecule has 0 aliphatic carbocycles. The molecular formula is C38H66O32. The summed E-state index contributed by atoms with van der Waals surface area (Å²) < 4.78 is 66.1. The highest BCUT2D eigenvalue weighted by molar-refractivity contribution is 4.99. The molecule has 0 unspecified atom stereocenters. The van der Waals surface area contributed by atoms with Crippen molar-refractivity contribution in [1.82, 2.24) is 0 Å². The molecule has 0 radical (unpaired) electrons. The zero-order valence-corrected chi connectivity index (χ0v) is 36.8.